The van der Waals surface area contributed by atoms with E-state index < -0.39 is 5.54 Å². The molecule has 4 atom stereocenters. The second kappa shape index (κ2) is 6.50. The Morgan fingerprint density at radius 1 is 1.03 bits per heavy atom. The molecule has 0 saturated carbocycles. The molecule has 32 heavy (non-hydrogen) atoms. The van der Waals surface area contributed by atoms with Crippen LogP contribution in [0.5, 0.6) is 0 Å². The summed E-state index contributed by atoms with van der Waals surface area (Å²) in [6, 6.07) is 13.4. The molecule has 162 valence electrons. The number of carbonyl (C=O) groups excluding carboxylic acids is 2. The van der Waals surface area contributed by atoms with E-state index in [2.05, 4.69) is 12.2 Å². The van der Waals surface area contributed by atoms with Gasteiger partial charge in [0.05, 0.1) is 29.0 Å². The molecule has 2 heterocycles. The van der Waals surface area contributed by atoms with Gasteiger partial charge in [-0.05, 0) is 43.7 Å². The van der Waals surface area contributed by atoms with Gasteiger partial charge in [-0.25, -0.2) is 0 Å². The zero-order valence-electron chi connectivity index (χ0n) is 18.6. The van der Waals surface area contributed by atoms with Crippen LogP contribution < -0.4 is 5.32 Å². The van der Waals surface area contributed by atoms with Crippen LogP contribution in [0.3, 0.4) is 0 Å². The molecule has 1 N–H and O–H groups in total. The van der Waals surface area contributed by atoms with Crippen molar-refractivity contribution in [2.75, 3.05) is 12.4 Å². The van der Waals surface area contributed by atoms with E-state index >= 15 is 0 Å². The molecule has 0 spiro atoms. The van der Waals surface area contributed by atoms with E-state index in [1.165, 1.54) is 0 Å². The van der Waals surface area contributed by atoms with Gasteiger partial charge in [0.1, 0.15) is 6.10 Å². The molecule has 4 unspecified atom stereocenters. The highest BCUT2D eigenvalue weighted by Gasteiger charge is 2.51. The summed E-state index contributed by atoms with van der Waals surface area (Å²) in [5, 5.41) is 5.40. The Bertz CT molecular complexity index is 1340. The lowest BCUT2D eigenvalue weighted by Gasteiger charge is -2.52. The summed E-state index contributed by atoms with van der Waals surface area (Å²) >= 11 is 0. The van der Waals surface area contributed by atoms with Crippen LogP contribution in [-0.2, 0) is 9.47 Å². The second-order valence-corrected chi connectivity index (χ2v) is 9.56. The van der Waals surface area contributed by atoms with Crippen molar-refractivity contribution in [2.45, 2.75) is 51.0 Å². The van der Waals surface area contributed by atoms with E-state index in [0.717, 1.165) is 28.3 Å². The molecule has 5 heteroatoms. The van der Waals surface area contributed by atoms with Crippen LogP contribution in [0.1, 0.15) is 69.3 Å². The van der Waals surface area contributed by atoms with Crippen LogP contribution in [0, 0.1) is 6.92 Å². The van der Waals surface area contributed by atoms with Crippen molar-refractivity contribution in [1.82, 2.24) is 0 Å². The SMILES string of the molecule is COC1C(C)OC2CC1(C)Nc1c2ccc2c1C(=O)c1ccc3cc(C)ccc3c1C2=O. The van der Waals surface area contributed by atoms with E-state index in [0.29, 0.717) is 27.9 Å². The van der Waals surface area contributed by atoms with Crippen molar-refractivity contribution in [3.05, 3.63) is 75.8 Å². The van der Waals surface area contributed by atoms with Gasteiger partial charge in [0.2, 0.25) is 0 Å². The predicted molar refractivity (Wildman–Crippen MR) is 123 cm³/mol. The minimum absolute atomic E-state index is 0.0895. The van der Waals surface area contributed by atoms with Crippen LogP contribution in [0.4, 0.5) is 5.69 Å². The van der Waals surface area contributed by atoms with Gasteiger partial charge in [-0.15, -0.1) is 0 Å². The molecule has 0 aromatic heterocycles. The Hall–Kier alpha value is -3.02. The maximum Gasteiger partial charge on any atom is 0.196 e. The highest BCUT2D eigenvalue weighted by Crippen LogP contribution is 2.50. The molecular formula is C27H25NO4. The highest BCUT2D eigenvalue weighted by atomic mass is 16.5. The molecule has 2 bridgehead atoms. The summed E-state index contributed by atoms with van der Waals surface area (Å²) in [5.74, 6) is -0.223. The fraction of sp³-hybridized carbons (Fsp3) is 0.333. The van der Waals surface area contributed by atoms with Gasteiger partial charge in [-0.1, -0.05) is 35.9 Å². The quantitative estimate of drug-likeness (QED) is 0.465. The third-order valence-corrected chi connectivity index (χ3v) is 7.41. The van der Waals surface area contributed by atoms with E-state index in [1.807, 2.05) is 44.2 Å². The average Bonchev–Trinajstić information content (AvgIpc) is 2.75. The molecular weight excluding hydrogens is 402 g/mol. The topological polar surface area (TPSA) is 64.6 Å². The summed E-state index contributed by atoms with van der Waals surface area (Å²) in [7, 11) is 1.69. The van der Waals surface area contributed by atoms with Crippen molar-refractivity contribution in [2.24, 2.45) is 0 Å². The number of benzene rings is 3. The van der Waals surface area contributed by atoms with Crippen molar-refractivity contribution in [1.29, 1.82) is 0 Å². The fourth-order valence-electron chi connectivity index (χ4n) is 6.04. The zero-order chi connectivity index (χ0) is 22.4. The van der Waals surface area contributed by atoms with Gasteiger partial charge in [-0.3, -0.25) is 9.59 Å². The summed E-state index contributed by atoms with van der Waals surface area (Å²) < 4.78 is 12.1. The number of nitrogens with one attached hydrogen (secondary N) is 1. The molecule has 3 aromatic carbocycles. The molecule has 3 aromatic rings. The monoisotopic (exact) mass is 427 g/mol. The van der Waals surface area contributed by atoms with Crippen molar-refractivity contribution >= 4 is 28.0 Å². The maximum absolute atomic E-state index is 13.8. The normalized spacial score (nSPS) is 28.1. The van der Waals surface area contributed by atoms with Crippen LogP contribution in [0.15, 0.2) is 42.5 Å². The van der Waals surface area contributed by atoms with E-state index in [9.17, 15) is 9.59 Å². The Morgan fingerprint density at radius 2 is 1.75 bits per heavy atom. The maximum atomic E-state index is 13.8. The Labute approximate surface area is 186 Å². The molecule has 1 fully saturated rings. The molecule has 5 nitrogen and oxygen atoms in total. The van der Waals surface area contributed by atoms with Crippen molar-refractivity contribution in [3.63, 3.8) is 0 Å². The fourth-order valence-corrected chi connectivity index (χ4v) is 6.04. The summed E-state index contributed by atoms with van der Waals surface area (Å²) in [6.45, 7) is 6.14. The lowest BCUT2D eigenvalue weighted by Crippen LogP contribution is -2.60. The van der Waals surface area contributed by atoms with E-state index in [4.69, 9.17) is 9.47 Å². The van der Waals surface area contributed by atoms with Crippen LogP contribution in [-0.4, -0.2) is 36.4 Å². The zero-order valence-corrected chi connectivity index (χ0v) is 18.6. The van der Waals surface area contributed by atoms with Gasteiger partial charge in [0.15, 0.2) is 11.6 Å². The lowest BCUT2D eigenvalue weighted by molar-refractivity contribution is -0.154. The third kappa shape index (κ3) is 2.46. The Morgan fingerprint density at radius 3 is 2.53 bits per heavy atom. The Kier molecular flexibility index (Phi) is 3.99. The van der Waals surface area contributed by atoms with Gasteiger partial charge in [0, 0.05) is 35.8 Å². The minimum atomic E-state index is -0.399. The molecule has 1 saturated heterocycles. The Balaban J connectivity index is 1.57. The lowest BCUT2D eigenvalue weighted by atomic mass is 9.73. The molecule has 6 rings (SSSR count). The number of methoxy groups -OCH3 is 1. The molecule has 0 amide bonds. The number of aryl methyl sites for hydroxylation is 1. The standard InChI is InChI=1S/C27H25NO4/c1-13-5-7-16-15(11-13)6-8-18-21(16)24(29)19-10-9-17-20-12-27(3,26(31-4)14(2)32-20)28-23(17)22(19)25(18)30/h5-11,14,20,26,28H,12H2,1-4H3. The number of rotatable bonds is 1. The third-order valence-electron chi connectivity index (χ3n) is 7.41. The number of fused-ring (bicyclic) bond motifs is 9. The van der Waals surface area contributed by atoms with E-state index in [-0.39, 0.29) is 29.9 Å². The first kappa shape index (κ1) is 19.6. The van der Waals surface area contributed by atoms with Crippen LogP contribution in [0.25, 0.3) is 10.8 Å². The number of ether oxygens (including phenoxy) is 2. The smallest absolute Gasteiger partial charge is 0.196 e. The largest absolute Gasteiger partial charge is 0.376 e. The summed E-state index contributed by atoms with van der Waals surface area (Å²) in [5.41, 5.74) is 4.24. The number of anilines is 1. The second-order valence-electron chi connectivity index (χ2n) is 9.56. The molecule has 2 aliphatic heterocycles. The first-order chi connectivity index (χ1) is 15.3. The number of hydrogen-bond acceptors (Lipinski definition) is 5. The van der Waals surface area contributed by atoms with Gasteiger partial charge >= 0.3 is 0 Å². The first-order valence-corrected chi connectivity index (χ1v) is 11.1. The number of carbonyl (C=O) groups is 2. The van der Waals surface area contributed by atoms with Crippen molar-refractivity contribution in [3.8, 4) is 0 Å². The van der Waals surface area contributed by atoms with Crippen LogP contribution in [0.2, 0.25) is 0 Å². The van der Waals surface area contributed by atoms with Gasteiger partial charge in [0.25, 0.3) is 0 Å². The number of hydrogen-bond donors (Lipinski definition) is 1. The van der Waals surface area contributed by atoms with E-state index in [1.54, 1.807) is 19.2 Å². The number of ketones is 2. The molecule has 1 aliphatic carbocycles. The summed E-state index contributed by atoms with van der Waals surface area (Å²) in [6.07, 6.45) is 0.335. The summed E-state index contributed by atoms with van der Waals surface area (Å²) in [4.78, 5) is 27.5. The highest BCUT2D eigenvalue weighted by molar-refractivity contribution is 6.33. The molecule has 3 aliphatic rings. The minimum Gasteiger partial charge on any atom is -0.376 e. The predicted octanol–water partition coefficient (Wildman–Crippen LogP) is 4.97. The first-order valence-electron chi connectivity index (χ1n) is 11.1. The van der Waals surface area contributed by atoms with Crippen molar-refractivity contribution < 1.29 is 19.1 Å². The van der Waals surface area contributed by atoms with Gasteiger partial charge < -0.3 is 14.8 Å². The van der Waals surface area contributed by atoms with Crippen LogP contribution >= 0.6 is 0 Å². The molecule has 0 radical (unpaired) electrons. The van der Waals surface area contributed by atoms with Gasteiger partial charge in [-0.2, -0.15) is 0 Å². The average molecular weight is 428 g/mol.